The van der Waals surface area contributed by atoms with Crippen LogP contribution in [-0.4, -0.2) is 6.61 Å². The Balaban J connectivity index is 2.01. The molecule has 4 heteroatoms. The molecule has 16 heavy (non-hydrogen) atoms. The van der Waals surface area contributed by atoms with E-state index in [2.05, 4.69) is 4.74 Å². The molecule has 0 spiro atoms. The average Bonchev–Trinajstić information content (AvgIpc) is 3.01. The molecule has 0 saturated heterocycles. The Morgan fingerprint density at radius 3 is 2.75 bits per heavy atom. The second-order valence-corrected chi connectivity index (χ2v) is 4.24. The van der Waals surface area contributed by atoms with E-state index in [0.717, 1.165) is 17.9 Å². The molecule has 1 atom stereocenters. The second-order valence-electron chi connectivity index (χ2n) is 4.24. The zero-order valence-corrected chi connectivity index (χ0v) is 8.90. The normalized spacial score (nSPS) is 17.5. The van der Waals surface area contributed by atoms with Crippen LogP contribution in [0.4, 0.5) is 8.78 Å². The Hall–Kier alpha value is -1.16. The van der Waals surface area contributed by atoms with E-state index in [0.29, 0.717) is 0 Å². The van der Waals surface area contributed by atoms with Crippen LogP contribution < -0.4 is 10.5 Å². The van der Waals surface area contributed by atoms with Gasteiger partial charge in [-0.25, -0.2) is 0 Å². The van der Waals surface area contributed by atoms with E-state index in [4.69, 9.17) is 5.73 Å². The maximum Gasteiger partial charge on any atom is 0.387 e. The summed E-state index contributed by atoms with van der Waals surface area (Å²) in [6.45, 7) is -2.78. The Bertz CT molecular complexity index is 353. The van der Waals surface area contributed by atoms with Crippen LogP contribution in [-0.2, 0) is 0 Å². The second kappa shape index (κ2) is 4.78. The molecule has 1 aromatic rings. The topological polar surface area (TPSA) is 35.2 Å². The molecular weight excluding hydrogens is 212 g/mol. The summed E-state index contributed by atoms with van der Waals surface area (Å²) in [5, 5.41) is 0. The van der Waals surface area contributed by atoms with Crippen LogP contribution in [0.15, 0.2) is 24.3 Å². The molecule has 1 saturated carbocycles. The molecule has 88 valence electrons. The lowest BCUT2D eigenvalue weighted by molar-refractivity contribution is -0.0499. The highest BCUT2D eigenvalue weighted by molar-refractivity contribution is 5.30. The van der Waals surface area contributed by atoms with E-state index in [1.54, 1.807) is 12.1 Å². The van der Waals surface area contributed by atoms with Crippen molar-refractivity contribution in [3.63, 3.8) is 0 Å². The molecule has 0 radical (unpaired) electrons. The number of hydrogen-bond acceptors (Lipinski definition) is 2. The Kier molecular flexibility index (Phi) is 3.39. The van der Waals surface area contributed by atoms with Gasteiger partial charge in [0.25, 0.3) is 0 Å². The third kappa shape index (κ3) is 3.17. The van der Waals surface area contributed by atoms with E-state index < -0.39 is 6.61 Å². The van der Waals surface area contributed by atoms with Crippen molar-refractivity contribution in [2.24, 2.45) is 11.7 Å². The fourth-order valence-corrected chi connectivity index (χ4v) is 1.77. The van der Waals surface area contributed by atoms with Crippen LogP contribution in [0, 0.1) is 5.92 Å². The molecule has 0 heterocycles. The van der Waals surface area contributed by atoms with Crippen molar-refractivity contribution >= 4 is 0 Å². The Labute approximate surface area is 93.4 Å². The van der Waals surface area contributed by atoms with Gasteiger partial charge < -0.3 is 10.5 Å². The number of nitrogens with two attached hydrogens (primary N) is 1. The molecule has 0 aliphatic heterocycles. The number of hydrogen-bond donors (Lipinski definition) is 1. The predicted octanol–water partition coefficient (Wildman–Crippen LogP) is 3.09. The average molecular weight is 227 g/mol. The Morgan fingerprint density at radius 2 is 2.12 bits per heavy atom. The maximum atomic E-state index is 12.0. The van der Waals surface area contributed by atoms with Crippen LogP contribution in [0.1, 0.15) is 30.9 Å². The van der Waals surface area contributed by atoms with Crippen molar-refractivity contribution in [2.45, 2.75) is 31.9 Å². The van der Waals surface area contributed by atoms with Crippen molar-refractivity contribution in [3.8, 4) is 5.75 Å². The van der Waals surface area contributed by atoms with Gasteiger partial charge in [0.2, 0.25) is 0 Å². The van der Waals surface area contributed by atoms with E-state index in [-0.39, 0.29) is 11.8 Å². The molecule has 2 nitrogen and oxygen atoms in total. The molecule has 1 fully saturated rings. The van der Waals surface area contributed by atoms with Gasteiger partial charge in [0.05, 0.1) is 0 Å². The first-order chi connectivity index (χ1) is 7.65. The summed E-state index contributed by atoms with van der Waals surface area (Å²) < 4.78 is 28.4. The summed E-state index contributed by atoms with van der Waals surface area (Å²) >= 11 is 0. The van der Waals surface area contributed by atoms with Gasteiger partial charge in [-0.15, -0.1) is 0 Å². The van der Waals surface area contributed by atoms with Gasteiger partial charge in [0.15, 0.2) is 0 Å². The molecule has 1 aromatic carbocycles. The van der Waals surface area contributed by atoms with E-state index in [1.165, 1.54) is 18.9 Å². The third-order valence-electron chi connectivity index (χ3n) is 2.80. The van der Waals surface area contributed by atoms with Crippen LogP contribution in [0.5, 0.6) is 5.75 Å². The molecule has 1 aliphatic carbocycles. The summed E-state index contributed by atoms with van der Waals surface area (Å²) in [6, 6.07) is 6.58. The van der Waals surface area contributed by atoms with E-state index in [9.17, 15) is 8.78 Å². The first-order valence-electron chi connectivity index (χ1n) is 5.45. The quantitative estimate of drug-likeness (QED) is 0.838. The van der Waals surface area contributed by atoms with Gasteiger partial charge in [-0.1, -0.05) is 25.0 Å². The molecular formula is C12H15F2NO. The highest BCUT2D eigenvalue weighted by atomic mass is 19.3. The lowest BCUT2D eigenvalue weighted by Gasteiger charge is -2.13. The van der Waals surface area contributed by atoms with Gasteiger partial charge >= 0.3 is 6.61 Å². The summed E-state index contributed by atoms with van der Waals surface area (Å²) in [4.78, 5) is 0. The zero-order valence-electron chi connectivity index (χ0n) is 8.90. The van der Waals surface area contributed by atoms with Crippen molar-refractivity contribution in [1.29, 1.82) is 0 Å². The summed E-state index contributed by atoms with van der Waals surface area (Å²) in [5.74, 6) is 0.897. The smallest absolute Gasteiger partial charge is 0.387 e. The number of benzene rings is 1. The first-order valence-corrected chi connectivity index (χ1v) is 5.45. The first kappa shape index (κ1) is 11.3. The van der Waals surface area contributed by atoms with E-state index >= 15 is 0 Å². The van der Waals surface area contributed by atoms with Gasteiger partial charge in [-0.2, -0.15) is 8.78 Å². The minimum atomic E-state index is -2.78. The van der Waals surface area contributed by atoms with Crippen LogP contribution in [0.25, 0.3) is 0 Å². The largest absolute Gasteiger partial charge is 0.435 e. The van der Waals surface area contributed by atoms with Crippen molar-refractivity contribution < 1.29 is 13.5 Å². The van der Waals surface area contributed by atoms with Crippen LogP contribution in [0.3, 0.4) is 0 Å². The van der Waals surface area contributed by atoms with Crippen LogP contribution in [0.2, 0.25) is 0 Å². The van der Waals surface area contributed by atoms with Crippen molar-refractivity contribution in [3.05, 3.63) is 29.8 Å². The summed E-state index contributed by atoms with van der Waals surface area (Å²) in [6.07, 6.45) is 3.40. The van der Waals surface area contributed by atoms with Crippen molar-refractivity contribution in [2.75, 3.05) is 0 Å². The minimum Gasteiger partial charge on any atom is -0.435 e. The predicted molar refractivity (Wildman–Crippen MR) is 57.3 cm³/mol. The van der Waals surface area contributed by atoms with Gasteiger partial charge in [-0.3, -0.25) is 0 Å². The van der Waals surface area contributed by atoms with Gasteiger partial charge in [-0.05, 0) is 30.0 Å². The van der Waals surface area contributed by atoms with Gasteiger partial charge in [0.1, 0.15) is 5.75 Å². The fraction of sp³-hybridized carbons (Fsp3) is 0.500. The van der Waals surface area contributed by atoms with Crippen molar-refractivity contribution in [1.82, 2.24) is 0 Å². The number of ether oxygens (including phenoxy) is 1. The molecule has 1 aliphatic rings. The summed E-state index contributed by atoms with van der Waals surface area (Å²) in [5.41, 5.74) is 6.86. The molecule has 2 N–H and O–H groups in total. The number of halogens is 2. The monoisotopic (exact) mass is 227 g/mol. The molecule has 0 amide bonds. The molecule has 2 rings (SSSR count). The maximum absolute atomic E-state index is 12.0. The highest BCUT2D eigenvalue weighted by Gasteiger charge is 2.24. The van der Waals surface area contributed by atoms with Crippen LogP contribution >= 0.6 is 0 Å². The minimum absolute atomic E-state index is 0.0753. The lowest BCUT2D eigenvalue weighted by atomic mass is 10.0. The van der Waals surface area contributed by atoms with Gasteiger partial charge in [0, 0.05) is 6.04 Å². The zero-order chi connectivity index (χ0) is 11.5. The summed E-state index contributed by atoms with van der Waals surface area (Å²) in [7, 11) is 0. The SMILES string of the molecule is N[C@@H](CC1CC1)c1cccc(OC(F)F)c1. The number of alkyl halides is 2. The van der Waals surface area contributed by atoms with E-state index in [1.807, 2.05) is 6.07 Å². The fourth-order valence-electron chi connectivity index (χ4n) is 1.77. The third-order valence-corrected chi connectivity index (χ3v) is 2.80. The standard InChI is InChI=1S/C12H15F2NO/c13-12(14)16-10-3-1-2-9(7-10)11(15)6-8-4-5-8/h1-3,7-8,11-12H,4-6,15H2/t11-/m0/s1. The Morgan fingerprint density at radius 1 is 1.38 bits per heavy atom. The molecule has 0 unspecified atom stereocenters. The number of rotatable bonds is 5. The molecule has 0 aromatic heterocycles. The molecule has 0 bridgehead atoms. The lowest BCUT2D eigenvalue weighted by Crippen LogP contribution is -2.11. The highest BCUT2D eigenvalue weighted by Crippen LogP contribution is 2.37.